The molecule has 24 heavy (non-hydrogen) atoms. The van der Waals surface area contributed by atoms with Gasteiger partial charge in [0.15, 0.2) is 0 Å². The van der Waals surface area contributed by atoms with E-state index in [4.69, 9.17) is 0 Å². The zero-order valence-corrected chi connectivity index (χ0v) is 20.5. The van der Waals surface area contributed by atoms with Crippen molar-refractivity contribution in [2.45, 2.75) is 94.3 Å². The third-order valence-electron chi connectivity index (χ3n) is 8.99. The molecule has 0 aliphatic heterocycles. The van der Waals surface area contributed by atoms with Crippen LogP contribution in [0.4, 0.5) is 0 Å². The van der Waals surface area contributed by atoms with E-state index in [1.54, 1.807) is 0 Å². The standard InChI is InChI=1S/C20H26Br4/c21-17-3-13-1-15(7-17,8-18(22,4-13)11-17)16-2-14-5-19(23,9-16)12-20(24,6-14)10-16/h13-14H,1-12H2. The second-order valence-electron chi connectivity index (χ2n) is 11.2. The second-order valence-corrected chi connectivity index (χ2v) is 17.9. The smallest absolute Gasteiger partial charge is 0.0279 e. The Bertz CT molecular complexity index is 539. The number of halogens is 4. The minimum absolute atomic E-state index is 0.429. The van der Waals surface area contributed by atoms with Crippen LogP contribution in [0.1, 0.15) is 77.0 Å². The second kappa shape index (κ2) is 4.56. The average molecular weight is 586 g/mol. The maximum Gasteiger partial charge on any atom is 0.0279 e. The normalized spacial score (nSPS) is 69.5. The molecule has 0 aromatic rings. The van der Waals surface area contributed by atoms with Gasteiger partial charge in [0.1, 0.15) is 0 Å². The van der Waals surface area contributed by atoms with Crippen molar-refractivity contribution in [1.29, 1.82) is 0 Å². The zero-order valence-electron chi connectivity index (χ0n) is 14.2. The third-order valence-corrected chi connectivity index (χ3v) is 12.5. The van der Waals surface area contributed by atoms with Gasteiger partial charge in [-0.15, -0.1) is 0 Å². The molecule has 0 saturated heterocycles. The fourth-order valence-corrected chi connectivity index (χ4v) is 16.5. The first-order valence-corrected chi connectivity index (χ1v) is 13.0. The number of alkyl halides is 4. The van der Waals surface area contributed by atoms with Crippen LogP contribution >= 0.6 is 63.7 Å². The van der Waals surface area contributed by atoms with Gasteiger partial charge >= 0.3 is 0 Å². The van der Waals surface area contributed by atoms with Crippen molar-refractivity contribution in [2.24, 2.45) is 22.7 Å². The summed E-state index contributed by atoms with van der Waals surface area (Å²) in [5, 5.41) is 0. The topological polar surface area (TPSA) is 0 Å². The lowest BCUT2D eigenvalue weighted by molar-refractivity contribution is -0.172. The van der Waals surface area contributed by atoms with Crippen molar-refractivity contribution < 1.29 is 0 Å². The molecule has 8 rings (SSSR count). The molecule has 8 aliphatic carbocycles. The van der Waals surface area contributed by atoms with E-state index in [2.05, 4.69) is 63.7 Å². The number of rotatable bonds is 1. The Balaban J connectivity index is 1.49. The Morgan fingerprint density at radius 3 is 0.958 bits per heavy atom. The lowest BCUT2D eigenvalue weighted by atomic mass is 9.35. The van der Waals surface area contributed by atoms with Crippen molar-refractivity contribution in [3.8, 4) is 0 Å². The van der Waals surface area contributed by atoms with Gasteiger partial charge in [-0.25, -0.2) is 0 Å². The quantitative estimate of drug-likeness (QED) is 0.280. The van der Waals surface area contributed by atoms with Gasteiger partial charge in [-0.2, -0.15) is 0 Å². The highest BCUT2D eigenvalue weighted by molar-refractivity contribution is 9.11. The Hall–Kier alpha value is 1.92. The maximum atomic E-state index is 4.28. The predicted octanol–water partition coefficient (Wildman–Crippen LogP) is 7.49. The first-order chi connectivity index (χ1) is 11.1. The summed E-state index contributed by atoms with van der Waals surface area (Å²) >= 11 is 17.1. The predicted molar refractivity (Wildman–Crippen MR) is 114 cm³/mol. The van der Waals surface area contributed by atoms with Crippen molar-refractivity contribution in [1.82, 2.24) is 0 Å². The molecular formula is C20H26Br4. The van der Waals surface area contributed by atoms with Crippen LogP contribution in [0.3, 0.4) is 0 Å². The molecule has 0 heterocycles. The maximum absolute atomic E-state index is 4.28. The lowest BCUT2D eigenvalue weighted by Gasteiger charge is -2.75. The molecule has 8 bridgehead atoms. The molecule has 4 atom stereocenters. The number of hydrogen-bond acceptors (Lipinski definition) is 0. The number of hydrogen-bond donors (Lipinski definition) is 0. The lowest BCUT2D eigenvalue weighted by Crippen LogP contribution is -2.69. The summed E-state index contributed by atoms with van der Waals surface area (Å²) < 4.78 is 1.72. The first kappa shape index (κ1) is 16.8. The molecule has 4 unspecified atom stereocenters. The van der Waals surface area contributed by atoms with Crippen LogP contribution in [0.15, 0.2) is 0 Å². The third kappa shape index (κ3) is 2.12. The molecule has 0 radical (unpaired) electrons. The van der Waals surface area contributed by atoms with Crippen LogP contribution in [-0.4, -0.2) is 17.3 Å². The minimum atomic E-state index is 0.429. The van der Waals surface area contributed by atoms with E-state index in [0.717, 1.165) is 11.8 Å². The Labute approximate surface area is 179 Å². The Kier molecular flexibility index (Phi) is 3.20. The SMILES string of the molecule is BrC12CC3CC(Br)(C1)CC(C14CC5CC(Br)(CC(Br)(C5)C1)C4)(C3)C2. The van der Waals surface area contributed by atoms with E-state index in [1.807, 2.05) is 0 Å². The van der Waals surface area contributed by atoms with E-state index in [9.17, 15) is 0 Å². The zero-order chi connectivity index (χ0) is 16.6. The summed E-state index contributed by atoms with van der Waals surface area (Å²) in [5.74, 6) is 1.90. The van der Waals surface area contributed by atoms with E-state index in [1.165, 1.54) is 77.0 Å². The monoisotopic (exact) mass is 582 g/mol. The van der Waals surface area contributed by atoms with Crippen molar-refractivity contribution in [3.05, 3.63) is 0 Å². The highest BCUT2D eigenvalue weighted by atomic mass is 79.9. The highest BCUT2D eigenvalue weighted by Crippen LogP contribution is 2.80. The van der Waals surface area contributed by atoms with Crippen molar-refractivity contribution in [3.63, 3.8) is 0 Å². The fourth-order valence-electron chi connectivity index (χ4n) is 9.59. The summed E-state index contributed by atoms with van der Waals surface area (Å²) in [4.78, 5) is 0. The molecule has 0 spiro atoms. The van der Waals surface area contributed by atoms with Gasteiger partial charge in [0.25, 0.3) is 0 Å². The summed E-state index contributed by atoms with van der Waals surface area (Å²) in [6, 6.07) is 0. The fraction of sp³-hybridized carbons (Fsp3) is 1.00. The van der Waals surface area contributed by atoms with E-state index in [-0.39, 0.29) is 0 Å². The van der Waals surface area contributed by atoms with Gasteiger partial charge in [-0.1, -0.05) is 63.7 Å². The van der Waals surface area contributed by atoms with Crippen LogP contribution in [0.5, 0.6) is 0 Å². The largest absolute Gasteiger partial charge is 0.0852 e. The molecule has 0 N–H and O–H groups in total. The van der Waals surface area contributed by atoms with Gasteiger partial charge in [-0.3, -0.25) is 0 Å². The summed E-state index contributed by atoms with van der Waals surface area (Å²) in [6.45, 7) is 0. The Morgan fingerprint density at radius 2 is 0.708 bits per heavy atom. The molecule has 8 fully saturated rings. The van der Waals surface area contributed by atoms with Crippen molar-refractivity contribution >= 4 is 63.7 Å². The average Bonchev–Trinajstić information content (AvgIpc) is 2.28. The van der Waals surface area contributed by atoms with Crippen LogP contribution in [-0.2, 0) is 0 Å². The first-order valence-electron chi connectivity index (χ1n) is 9.82. The molecule has 4 heteroatoms. The van der Waals surface area contributed by atoms with Gasteiger partial charge in [-0.05, 0) is 99.7 Å². The van der Waals surface area contributed by atoms with Crippen LogP contribution in [0, 0.1) is 22.7 Å². The molecule has 0 aromatic heterocycles. The molecule has 8 saturated carbocycles. The minimum Gasteiger partial charge on any atom is -0.0852 e. The summed E-state index contributed by atoms with van der Waals surface area (Å²) in [6.07, 6.45) is 17.3. The van der Waals surface area contributed by atoms with E-state index in [0.29, 0.717) is 28.1 Å². The van der Waals surface area contributed by atoms with Crippen LogP contribution < -0.4 is 0 Å². The van der Waals surface area contributed by atoms with Gasteiger partial charge in [0.05, 0.1) is 0 Å². The molecule has 0 nitrogen and oxygen atoms in total. The van der Waals surface area contributed by atoms with Gasteiger partial charge < -0.3 is 0 Å². The van der Waals surface area contributed by atoms with Gasteiger partial charge in [0.2, 0.25) is 0 Å². The summed E-state index contributed by atoms with van der Waals surface area (Å²) in [7, 11) is 0. The van der Waals surface area contributed by atoms with E-state index >= 15 is 0 Å². The summed E-state index contributed by atoms with van der Waals surface area (Å²) in [5.41, 5.74) is 1.16. The molecule has 8 aliphatic rings. The molecule has 0 amide bonds. The van der Waals surface area contributed by atoms with Crippen molar-refractivity contribution in [2.75, 3.05) is 0 Å². The molecule has 0 aromatic carbocycles. The Morgan fingerprint density at radius 1 is 0.417 bits per heavy atom. The molecule has 134 valence electrons. The van der Waals surface area contributed by atoms with E-state index < -0.39 is 0 Å². The van der Waals surface area contributed by atoms with Crippen LogP contribution in [0.25, 0.3) is 0 Å². The van der Waals surface area contributed by atoms with Gasteiger partial charge in [0, 0.05) is 17.3 Å². The van der Waals surface area contributed by atoms with Crippen LogP contribution in [0.2, 0.25) is 0 Å². The molecular weight excluding hydrogens is 560 g/mol. The highest BCUT2D eigenvalue weighted by Gasteiger charge is 2.73.